The Morgan fingerprint density at radius 2 is 1.85 bits per heavy atom. The normalized spacial score (nSPS) is 18.7. The molecule has 0 radical (unpaired) electrons. The van der Waals surface area contributed by atoms with E-state index in [9.17, 15) is 0 Å². The Hall–Kier alpha value is -2.54. The van der Waals surface area contributed by atoms with Crippen LogP contribution in [0.1, 0.15) is 45.1 Å². The first-order chi connectivity index (χ1) is 16.6. The van der Waals surface area contributed by atoms with Gasteiger partial charge in [-0.25, -0.2) is 9.97 Å². The molecule has 0 aliphatic carbocycles. The van der Waals surface area contributed by atoms with Gasteiger partial charge in [-0.1, -0.05) is 33.3 Å². The van der Waals surface area contributed by atoms with E-state index in [-0.39, 0.29) is 0 Å². The second-order valence-corrected chi connectivity index (χ2v) is 11.0. The molecule has 4 heterocycles. The van der Waals surface area contributed by atoms with Gasteiger partial charge in [0.25, 0.3) is 0 Å². The van der Waals surface area contributed by atoms with Crippen LogP contribution in [0.4, 0.5) is 23.3 Å². The van der Waals surface area contributed by atoms with Gasteiger partial charge in [-0.2, -0.15) is 16.7 Å². The van der Waals surface area contributed by atoms with Gasteiger partial charge in [0.2, 0.25) is 5.95 Å². The minimum Gasteiger partial charge on any atom is -0.370 e. The molecule has 2 aliphatic heterocycles. The Kier molecular flexibility index (Phi) is 6.82. The van der Waals surface area contributed by atoms with Crippen molar-refractivity contribution in [1.29, 1.82) is 0 Å². The molecular formula is C27H36N6S. The van der Waals surface area contributed by atoms with Crippen molar-refractivity contribution in [2.24, 2.45) is 11.8 Å². The number of hydrogen-bond donors (Lipinski definition) is 1. The molecule has 1 unspecified atom stereocenters. The number of fused-ring (bicyclic) bond motifs is 1. The second kappa shape index (κ2) is 9.98. The van der Waals surface area contributed by atoms with E-state index in [1.807, 2.05) is 30.2 Å². The number of aromatic nitrogens is 3. The second-order valence-electron chi connectivity index (χ2n) is 10.0. The number of benzene rings is 1. The Morgan fingerprint density at radius 1 is 1.03 bits per heavy atom. The van der Waals surface area contributed by atoms with Crippen LogP contribution in [0, 0.1) is 11.8 Å². The average Bonchev–Trinajstić information content (AvgIpc) is 3.30. The van der Waals surface area contributed by atoms with Crippen LogP contribution >= 0.6 is 11.8 Å². The first-order valence-electron chi connectivity index (χ1n) is 12.6. The summed E-state index contributed by atoms with van der Waals surface area (Å²) in [5, 5.41) is 5.96. The molecule has 1 N–H and O–H groups in total. The van der Waals surface area contributed by atoms with Crippen molar-refractivity contribution in [2.75, 3.05) is 53.3 Å². The minimum atomic E-state index is 0.444. The maximum atomic E-state index is 4.80. The van der Waals surface area contributed by atoms with Gasteiger partial charge in [-0.15, -0.1) is 0 Å². The molecule has 1 atom stereocenters. The summed E-state index contributed by atoms with van der Waals surface area (Å²) in [7, 11) is 0. The maximum absolute atomic E-state index is 4.80. The molecule has 0 saturated carbocycles. The van der Waals surface area contributed by atoms with Crippen LogP contribution in [0.5, 0.6) is 0 Å². The van der Waals surface area contributed by atoms with Gasteiger partial charge in [0.05, 0.1) is 0 Å². The van der Waals surface area contributed by atoms with Crippen molar-refractivity contribution in [1.82, 2.24) is 15.0 Å². The fourth-order valence-electron chi connectivity index (χ4n) is 5.25. The molecule has 2 saturated heterocycles. The van der Waals surface area contributed by atoms with E-state index < -0.39 is 0 Å². The van der Waals surface area contributed by atoms with Crippen molar-refractivity contribution in [3.8, 4) is 0 Å². The van der Waals surface area contributed by atoms with Gasteiger partial charge in [0.15, 0.2) is 0 Å². The largest absolute Gasteiger partial charge is 0.370 e. The van der Waals surface area contributed by atoms with E-state index in [0.717, 1.165) is 55.6 Å². The molecule has 1 aromatic carbocycles. The van der Waals surface area contributed by atoms with Crippen LogP contribution in [-0.2, 0) is 0 Å². The molecule has 2 aromatic heterocycles. The van der Waals surface area contributed by atoms with E-state index in [1.54, 1.807) is 0 Å². The lowest BCUT2D eigenvalue weighted by Crippen LogP contribution is -2.48. The Labute approximate surface area is 207 Å². The molecule has 7 heteroatoms. The van der Waals surface area contributed by atoms with Crippen LogP contribution < -0.4 is 15.1 Å². The van der Waals surface area contributed by atoms with Crippen molar-refractivity contribution in [3.63, 3.8) is 0 Å². The van der Waals surface area contributed by atoms with Crippen molar-refractivity contribution >= 4 is 45.8 Å². The standard InChI is InChI=1S/C27H36N6S/c1-5-19-9-11-32(14-19)27-28-10-8-25(31-27)30-26-12-22-21(18(2)3)6-7-24(23(22)13-29-26)33-15-20(16-33)17-34-4/h6-8,10,12-13,18-20H,5,9,11,14-17H2,1-4H3,(H,28,29,30,31). The van der Waals surface area contributed by atoms with Crippen molar-refractivity contribution < 1.29 is 0 Å². The zero-order chi connectivity index (χ0) is 23.7. The first kappa shape index (κ1) is 23.2. The molecular weight excluding hydrogens is 440 g/mol. The summed E-state index contributed by atoms with van der Waals surface area (Å²) in [5.41, 5.74) is 2.66. The summed E-state index contributed by atoms with van der Waals surface area (Å²) in [5.74, 6) is 5.65. The minimum absolute atomic E-state index is 0.444. The summed E-state index contributed by atoms with van der Waals surface area (Å²) in [6.45, 7) is 11.1. The molecule has 2 aliphatic rings. The van der Waals surface area contributed by atoms with E-state index >= 15 is 0 Å². The highest BCUT2D eigenvalue weighted by Crippen LogP contribution is 2.37. The lowest BCUT2D eigenvalue weighted by atomic mass is 9.93. The van der Waals surface area contributed by atoms with E-state index in [2.05, 4.69) is 65.3 Å². The summed E-state index contributed by atoms with van der Waals surface area (Å²) in [4.78, 5) is 18.9. The summed E-state index contributed by atoms with van der Waals surface area (Å²) in [6, 6.07) is 8.71. The Bertz CT molecular complexity index is 1140. The fraction of sp³-hybridized carbons (Fsp3) is 0.519. The highest BCUT2D eigenvalue weighted by Gasteiger charge is 2.28. The average molecular weight is 477 g/mol. The molecule has 180 valence electrons. The van der Waals surface area contributed by atoms with Crippen LogP contribution in [0.15, 0.2) is 36.7 Å². The van der Waals surface area contributed by atoms with Crippen molar-refractivity contribution in [3.05, 3.63) is 42.2 Å². The molecule has 6 nitrogen and oxygen atoms in total. The summed E-state index contributed by atoms with van der Waals surface area (Å²) >= 11 is 1.94. The first-order valence-corrected chi connectivity index (χ1v) is 14.0. The fourth-order valence-corrected chi connectivity index (χ4v) is 5.93. The molecule has 0 amide bonds. The zero-order valence-electron chi connectivity index (χ0n) is 20.8. The number of nitrogens with zero attached hydrogens (tertiary/aromatic N) is 5. The SMILES string of the molecule is CCC1CCN(c2nccc(Nc3cc4c(C(C)C)ccc(N5CC(CSC)C5)c4cn3)n2)C1. The lowest BCUT2D eigenvalue weighted by Gasteiger charge is -2.41. The van der Waals surface area contributed by atoms with Crippen LogP contribution in [0.25, 0.3) is 10.8 Å². The van der Waals surface area contributed by atoms with Gasteiger partial charge >= 0.3 is 0 Å². The highest BCUT2D eigenvalue weighted by atomic mass is 32.2. The van der Waals surface area contributed by atoms with Crippen molar-refractivity contribution in [2.45, 2.75) is 39.5 Å². The third-order valence-corrected chi connectivity index (χ3v) is 8.08. The van der Waals surface area contributed by atoms with Gasteiger partial charge in [-0.05, 0) is 59.4 Å². The third kappa shape index (κ3) is 4.67. The lowest BCUT2D eigenvalue weighted by molar-refractivity contribution is 0.456. The number of pyridine rings is 1. The topological polar surface area (TPSA) is 57.2 Å². The smallest absolute Gasteiger partial charge is 0.227 e. The van der Waals surface area contributed by atoms with Crippen LogP contribution in [-0.4, -0.2) is 53.1 Å². The highest BCUT2D eigenvalue weighted by molar-refractivity contribution is 7.98. The van der Waals surface area contributed by atoms with Gasteiger partial charge in [0.1, 0.15) is 11.6 Å². The molecule has 3 aromatic rings. The van der Waals surface area contributed by atoms with Gasteiger partial charge in [-0.3, -0.25) is 0 Å². The predicted octanol–water partition coefficient (Wildman–Crippen LogP) is 5.93. The Morgan fingerprint density at radius 3 is 2.59 bits per heavy atom. The predicted molar refractivity (Wildman–Crippen MR) is 146 cm³/mol. The maximum Gasteiger partial charge on any atom is 0.227 e. The van der Waals surface area contributed by atoms with E-state index in [4.69, 9.17) is 9.97 Å². The van der Waals surface area contributed by atoms with Gasteiger partial charge in [0, 0.05) is 55.6 Å². The summed E-state index contributed by atoms with van der Waals surface area (Å²) < 4.78 is 0. The monoisotopic (exact) mass is 476 g/mol. The van der Waals surface area contributed by atoms with Crippen LogP contribution in [0.3, 0.4) is 0 Å². The third-order valence-electron chi connectivity index (χ3n) is 7.28. The Balaban J connectivity index is 1.40. The number of anilines is 4. The number of rotatable bonds is 8. The van der Waals surface area contributed by atoms with Gasteiger partial charge < -0.3 is 15.1 Å². The number of nitrogens with one attached hydrogen (secondary N) is 1. The van der Waals surface area contributed by atoms with E-state index in [0.29, 0.717) is 5.92 Å². The quantitative estimate of drug-likeness (QED) is 0.432. The number of hydrogen-bond acceptors (Lipinski definition) is 7. The summed E-state index contributed by atoms with van der Waals surface area (Å²) in [6.07, 6.45) is 8.51. The number of thioether (sulfide) groups is 1. The molecule has 2 fully saturated rings. The molecule has 0 spiro atoms. The zero-order valence-corrected chi connectivity index (χ0v) is 21.6. The van der Waals surface area contributed by atoms with Crippen LogP contribution in [0.2, 0.25) is 0 Å². The molecule has 0 bridgehead atoms. The molecule has 5 rings (SSSR count). The van der Waals surface area contributed by atoms with E-state index in [1.165, 1.54) is 40.6 Å². The molecule has 34 heavy (non-hydrogen) atoms.